The maximum absolute atomic E-state index is 12.0. The van der Waals surface area contributed by atoms with Crippen molar-refractivity contribution in [3.63, 3.8) is 0 Å². The number of rotatable bonds is 3. The Morgan fingerprint density at radius 1 is 1.25 bits per heavy atom. The minimum absolute atomic E-state index is 0.305. The third-order valence-electron chi connectivity index (χ3n) is 2.15. The van der Waals surface area contributed by atoms with E-state index in [0.29, 0.717) is 15.1 Å². The molecule has 0 aliphatic carbocycles. The number of anilines is 2. The molecule has 0 saturated carbocycles. The lowest BCUT2D eigenvalue weighted by Gasteiger charge is -2.10. The van der Waals surface area contributed by atoms with Gasteiger partial charge in [0.15, 0.2) is 5.82 Å². The third-order valence-corrected chi connectivity index (χ3v) is 3.15. The van der Waals surface area contributed by atoms with Crippen LogP contribution in [-0.2, 0) is 0 Å². The van der Waals surface area contributed by atoms with Crippen molar-refractivity contribution in [2.45, 2.75) is 6.36 Å². The highest BCUT2D eigenvalue weighted by Crippen LogP contribution is 2.25. The van der Waals surface area contributed by atoms with Crippen molar-refractivity contribution in [1.82, 2.24) is 9.97 Å². The fourth-order valence-corrected chi connectivity index (χ4v) is 1.78. The Morgan fingerprint density at radius 3 is 2.50 bits per heavy atom. The molecule has 20 heavy (non-hydrogen) atoms. The van der Waals surface area contributed by atoms with Crippen LogP contribution in [-0.4, -0.2) is 16.3 Å². The van der Waals surface area contributed by atoms with Crippen LogP contribution in [0.2, 0.25) is 0 Å². The topological polar surface area (TPSA) is 67.0 Å². The Labute approximate surface area is 124 Å². The molecule has 1 heterocycles. The van der Waals surface area contributed by atoms with Crippen LogP contribution < -0.4 is 15.6 Å². The minimum Gasteiger partial charge on any atom is -0.406 e. The predicted molar refractivity (Wildman–Crippen MR) is 74.0 cm³/mol. The molecule has 0 saturated heterocycles. The first-order valence-electron chi connectivity index (χ1n) is 5.21. The van der Waals surface area contributed by atoms with E-state index >= 15 is 0 Å². The summed E-state index contributed by atoms with van der Waals surface area (Å²) in [6.45, 7) is 0. The van der Waals surface area contributed by atoms with Gasteiger partial charge in [0.1, 0.15) is 9.32 Å². The van der Waals surface area contributed by atoms with Gasteiger partial charge >= 0.3 is 6.36 Å². The summed E-state index contributed by atoms with van der Waals surface area (Å²) in [5.74, 6) is -0.00421. The van der Waals surface area contributed by atoms with Gasteiger partial charge in [0.2, 0.25) is 0 Å². The lowest BCUT2D eigenvalue weighted by atomic mass is 10.3. The first kappa shape index (κ1) is 14.6. The van der Waals surface area contributed by atoms with Gasteiger partial charge in [-0.25, -0.2) is 4.98 Å². The molecule has 0 spiro atoms. The molecule has 2 N–H and O–H groups in total. The highest BCUT2D eigenvalue weighted by molar-refractivity contribution is 14.1. The van der Waals surface area contributed by atoms with Crippen LogP contribution in [0.3, 0.4) is 0 Å². The van der Waals surface area contributed by atoms with Crippen molar-refractivity contribution < 1.29 is 17.9 Å². The van der Waals surface area contributed by atoms with E-state index in [9.17, 15) is 18.0 Å². The fourth-order valence-electron chi connectivity index (χ4n) is 1.35. The lowest BCUT2D eigenvalue weighted by molar-refractivity contribution is -0.274. The van der Waals surface area contributed by atoms with E-state index in [-0.39, 0.29) is 11.3 Å². The summed E-state index contributed by atoms with van der Waals surface area (Å²) < 4.78 is 40.1. The maximum atomic E-state index is 12.0. The van der Waals surface area contributed by atoms with Gasteiger partial charge in [-0.05, 0) is 46.9 Å². The molecule has 0 atom stereocenters. The van der Waals surface area contributed by atoms with Crippen LogP contribution >= 0.6 is 22.6 Å². The second-order valence-electron chi connectivity index (χ2n) is 3.59. The van der Waals surface area contributed by atoms with Crippen LogP contribution in [0.15, 0.2) is 35.4 Å². The molecule has 106 valence electrons. The number of alkyl halides is 3. The molecular formula is C11H7F3IN3O2. The van der Waals surface area contributed by atoms with Crippen molar-refractivity contribution >= 4 is 34.1 Å². The summed E-state index contributed by atoms with van der Waals surface area (Å²) in [5, 5.41) is 2.83. The number of hydrogen-bond donors (Lipinski definition) is 2. The van der Waals surface area contributed by atoms with E-state index in [2.05, 4.69) is 20.0 Å². The average molecular weight is 397 g/mol. The zero-order chi connectivity index (χ0) is 14.8. The number of aromatic nitrogens is 2. The zero-order valence-electron chi connectivity index (χ0n) is 9.66. The predicted octanol–water partition coefficient (Wildman–Crippen LogP) is 3.02. The smallest absolute Gasteiger partial charge is 0.406 e. The molecule has 0 radical (unpaired) electrons. The van der Waals surface area contributed by atoms with Crippen molar-refractivity contribution in [3.05, 3.63) is 44.5 Å². The van der Waals surface area contributed by atoms with Crippen LogP contribution in [0.1, 0.15) is 0 Å². The number of ether oxygens (including phenoxy) is 1. The summed E-state index contributed by atoms with van der Waals surface area (Å²) in [4.78, 5) is 17.7. The SMILES string of the molecule is O=c1[nH]cnc(Nc2ccc(OC(F)(F)F)cc2)c1I. The quantitative estimate of drug-likeness (QED) is 0.782. The molecule has 0 bridgehead atoms. The second-order valence-corrected chi connectivity index (χ2v) is 4.67. The number of aromatic amines is 1. The van der Waals surface area contributed by atoms with Crippen LogP contribution in [0.25, 0.3) is 0 Å². The molecule has 0 amide bonds. The number of nitrogens with zero attached hydrogens (tertiary/aromatic N) is 1. The summed E-state index contributed by atoms with van der Waals surface area (Å²) in [6.07, 6.45) is -3.49. The van der Waals surface area contributed by atoms with Gasteiger partial charge in [0.05, 0.1) is 6.33 Å². The Kier molecular flexibility index (Phi) is 4.16. The standard InChI is InChI=1S/C11H7F3IN3O2/c12-11(13,14)20-7-3-1-6(2-4-7)18-9-8(15)10(19)17-5-16-9/h1-5H,(H2,16,17,18,19). The van der Waals surface area contributed by atoms with Crippen molar-refractivity contribution in [2.75, 3.05) is 5.32 Å². The molecule has 2 rings (SSSR count). The Bertz CT molecular complexity index is 655. The van der Waals surface area contributed by atoms with E-state index in [1.54, 1.807) is 0 Å². The van der Waals surface area contributed by atoms with Crippen molar-refractivity contribution in [1.29, 1.82) is 0 Å². The molecule has 0 unspecified atom stereocenters. The molecule has 5 nitrogen and oxygen atoms in total. The van der Waals surface area contributed by atoms with Gasteiger partial charge in [-0.1, -0.05) is 0 Å². The first-order valence-corrected chi connectivity index (χ1v) is 6.29. The summed E-state index contributed by atoms with van der Waals surface area (Å²) >= 11 is 1.81. The van der Waals surface area contributed by atoms with E-state index < -0.39 is 6.36 Å². The van der Waals surface area contributed by atoms with E-state index in [1.165, 1.54) is 18.5 Å². The molecule has 1 aromatic heterocycles. The van der Waals surface area contributed by atoms with E-state index in [4.69, 9.17) is 0 Å². The highest BCUT2D eigenvalue weighted by atomic mass is 127. The fraction of sp³-hybridized carbons (Fsp3) is 0.0909. The summed E-state index contributed by atoms with van der Waals surface area (Å²) in [5.41, 5.74) is 0.177. The molecule has 9 heteroatoms. The molecule has 0 fully saturated rings. The number of benzene rings is 1. The highest BCUT2D eigenvalue weighted by Gasteiger charge is 2.30. The number of H-pyrrole nitrogens is 1. The Hall–Kier alpha value is -1.78. The second kappa shape index (κ2) is 5.69. The van der Waals surface area contributed by atoms with Gasteiger partial charge in [0.25, 0.3) is 5.56 Å². The third kappa shape index (κ3) is 3.85. The van der Waals surface area contributed by atoms with Crippen molar-refractivity contribution in [3.8, 4) is 5.75 Å². The molecular weight excluding hydrogens is 390 g/mol. The summed E-state index contributed by atoms with van der Waals surface area (Å²) in [6, 6.07) is 5.10. The van der Waals surface area contributed by atoms with Gasteiger partial charge in [0, 0.05) is 5.69 Å². The van der Waals surface area contributed by atoms with Gasteiger partial charge in [-0.2, -0.15) is 0 Å². The van der Waals surface area contributed by atoms with Gasteiger partial charge in [-0.3, -0.25) is 4.79 Å². The number of hydrogen-bond acceptors (Lipinski definition) is 4. The molecule has 0 aliphatic heterocycles. The average Bonchev–Trinajstić information content (AvgIpc) is 2.35. The van der Waals surface area contributed by atoms with Crippen LogP contribution in [0.5, 0.6) is 5.75 Å². The lowest BCUT2D eigenvalue weighted by Crippen LogP contribution is -2.17. The molecule has 0 aliphatic rings. The minimum atomic E-state index is -4.72. The number of halogens is 4. The van der Waals surface area contributed by atoms with Crippen LogP contribution in [0.4, 0.5) is 24.7 Å². The first-order chi connectivity index (χ1) is 9.35. The van der Waals surface area contributed by atoms with Crippen LogP contribution in [0, 0.1) is 3.57 Å². The Balaban J connectivity index is 2.15. The summed E-state index contributed by atoms with van der Waals surface area (Å²) in [7, 11) is 0. The van der Waals surface area contributed by atoms with E-state index in [1.807, 2.05) is 22.6 Å². The molecule has 2 aromatic rings. The normalized spacial score (nSPS) is 11.2. The maximum Gasteiger partial charge on any atom is 0.573 e. The van der Waals surface area contributed by atoms with Gasteiger partial charge < -0.3 is 15.0 Å². The number of nitrogens with one attached hydrogen (secondary N) is 2. The monoisotopic (exact) mass is 397 g/mol. The zero-order valence-corrected chi connectivity index (χ0v) is 11.8. The van der Waals surface area contributed by atoms with Crippen molar-refractivity contribution in [2.24, 2.45) is 0 Å². The van der Waals surface area contributed by atoms with E-state index in [0.717, 1.165) is 12.1 Å². The van der Waals surface area contributed by atoms with Gasteiger partial charge in [-0.15, -0.1) is 13.2 Å². The Morgan fingerprint density at radius 2 is 1.90 bits per heavy atom. The molecule has 1 aromatic carbocycles. The largest absolute Gasteiger partial charge is 0.573 e.